The third kappa shape index (κ3) is 3.69. The second kappa shape index (κ2) is 3.51. The van der Waals surface area contributed by atoms with E-state index in [9.17, 15) is 8.42 Å². The molecule has 1 rings (SSSR count). The van der Waals surface area contributed by atoms with Crippen LogP contribution >= 0.6 is 0 Å². The van der Waals surface area contributed by atoms with Crippen molar-refractivity contribution in [3.63, 3.8) is 0 Å². The van der Waals surface area contributed by atoms with Crippen molar-refractivity contribution >= 4 is 9.84 Å². The quantitative estimate of drug-likeness (QED) is 0.592. The van der Waals surface area contributed by atoms with Crippen LogP contribution in [0.25, 0.3) is 0 Å². The van der Waals surface area contributed by atoms with E-state index >= 15 is 0 Å². The van der Waals surface area contributed by atoms with E-state index in [1.807, 2.05) is 0 Å². The van der Waals surface area contributed by atoms with E-state index in [4.69, 9.17) is 4.74 Å². The number of morpholine rings is 1. The standard InChI is InChI=1S/C6H13NO3S/c1-11(8,9)5-6-4-10-3-2-7-6/h6-7H,2-5H2,1H3. The minimum Gasteiger partial charge on any atom is -0.378 e. The van der Waals surface area contributed by atoms with Crippen LogP contribution in [0.3, 0.4) is 0 Å². The summed E-state index contributed by atoms with van der Waals surface area (Å²) in [4.78, 5) is 0. The number of hydrogen-bond donors (Lipinski definition) is 1. The van der Waals surface area contributed by atoms with Crippen LogP contribution in [0.5, 0.6) is 0 Å². The summed E-state index contributed by atoms with van der Waals surface area (Å²) in [7, 11) is -2.87. The number of hydrogen-bond acceptors (Lipinski definition) is 4. The zero-order valence-corrected chi connectivity index (χ0v) is 7.36. The molecule has 0 amide bonds. The van der Waals surface area contributed by atoms with Gasteiger partial charge in [0.05, 0.1) is 19.0 Å². The highest BCUT2D eigenvalue weighted by Gasteiger charge is 2.17. The molecule has 0 aromatic rings. The molecule has 1 aliphatic rings. The molecule has 0 aromatic heterocycles. The van der Waals surface area contributed by atoms with Crippen LogP contribution in [0.2, 0.25) is 0 Å². The van der Waals surface area contributed by atoms with Crippen LogP contribution in [0.15, 0.2) is 0 Å². The summed E-state index contributed by atoms with van der Waals surface area (Å²) in [6.07, 6.45) is 1.24. The lowest BCUT2D eigenvalue weighted by Gasteiger charge is -2.22. The number of sulfone groups is 1. The summed E-state index contributed by atoms with van der Waals surface area (Å²) in [6, 6.07) is -0.0150. The van der Waals surface area contributed by atoms with Gasteiger partial charge in [0.1, 0.15) is 9.84 Å². The second-order valence-electron chi connectivity index (χ2n) is 2.82. The van der Waals surface area contributed by atoms with Crippen molar-refractivity contribution < 1.29 is 13.2 Å². The van der Waals surface area contributed by atoms with Crippen molar-refractivity contribution in [2.75, 3.05) is 31.8 Å². The van der Waals surface area contributed by atoms with Crippen LogP contribution < -0.4 is 5.32 Å². The van der Waals surface area contributed by atoms with E-state index in [0.717, 1.165) is 6.54 Å². The SMILES string of the molecule is CS(=O)(=O)CC1COCCN1. The summed E-state index contributed by atoms with van der Waals surface area (Å²) in [5, 5.41) is 3.07. The van der Waals surface area contributed by atoms with Gasteiger partial charge in [-0.05, 0) is 0 Å². The molecule has 66 valence electrons. The molecule has 1 N–H and O–H groups in total. The lowest BCUT2D eigenvalue weighted by atomic mass is 10.3. The smallest absolute Gasteiger partial charge is 0.149 e. The molecule has 1 saturated heterocycles. The van der Waals surface area contributed by atoms with Crippen molar-refractivity contribution in [3.05, 3.63) is 0 Å². The first-order valence-corrected chi connectivity index (χ1v) is 5.63. The molecule has 0 spiro atoms. The Balaban J connectivity index is 2.36. The Morgan fingerprint density at radius 1 is 1.64 bits per heavy atom. The van der Waals surface area contributed by atoms with Gasteiger partial charge in [-0.1, -0.05) is 0 Å². The normalized spacial score (nSPS) is 26.8. The van der Waals surface area contributed by atoms with Gasteiger partial charge in [-0.2, -0.15) is 0 Å². The Labute approximate surface area is 66.8 Å². The van der Waals surface area contributed by atoms with Crippen molar-refractivity contribution in [3.8, 4) is 0 Å². The highest BCUT2D eigenvalue weighted by Crippen LogP contribution is 1.96. The Morgan fingerprint density at radius 2 is 2.36 bits per heavy atom. The van der Waals surface area contributed by atoms with E-state index in [1.165, 1.54) is 6.26 Å². The minimum atomic E-state index is -2.87. The van der Waals surface area contributed by atoms with Gasteiger partial charge in [0.2, 0.25) is 0 Å². The first kappa shape index (κ1) is 8.96. The molecule has 1 unspecified atom stereocenters. The lowest BCUT2D eigenvalue weighted by molar-refractivity contribution is 0.0832. The van der Waals surface area contributed by atoms with Crippen molar-refractivity contribution in [2.45, 2.75) is 6.04 Å². The molecule has 0 saturated carbocycles. The van der Waals surface area contributed by atoms with Crippen LogP contribution in [0, 0.1) is 0 Å². The maximum atomic E-state index is 10.8. The third-order valence-corrected chi connectivity index (χ3v) is 2.51. The average Bonchev–Trinajstić information content (AvgIpc) is 1.85. The Kier molecular flexibility index (Phi) is 2.86. The molecule has 1 heterocycles. The van der Waals surface area contributed by atoms with E-state index in [-0.39, 0.29) is 11.8 Å². The molecule has 5 heteroatoms. The van der Waals surface area contributed by atoms with Gasteiger partial charge in [-0.3, -0.25) is 0 Å². The monoisotopic (exact) mass is 179 g/mol. The summed E-state index contributed by atoms with van der Waals surface area (Å²) < 4.78 is 26.7. The fraction of sp³-hybridized carbons (Fsp3) is 1.00. The van der Waals surface area contributed by atoms with Crippen molar-refractivity contribution in [1.29, 1.82) is 0 Å². The van der Waals surface area contributed by atoms with Crippen molar-refractivity contribution in [1.82, 2.24) is 5.32 Å². The maximum absolute atomic E-state index is 10.8. The summed E-state index contributed by atoms with van der Waals surface area (Å²) in [6.45, 7) is 1.94. The number of ether oxygens (including phenoxy) is 1. The van der Waals surface area contributed by atoms with E-state index in [0.29, 0.717) is 13.2 Å². The zero-order chi connectivity index (χ0) is 8.32. The summed E-state index contributed by atoms with van der Waals surface area (Å²) >= 11 is 0. The van der Waals surface area contributed by atoms with Gasteiger partial charge < -0.3 is 10.1 Å². The topological polar surface area (TPSA) is 55.4 Å². The van der Waals surface area contributed by atoms with Gasteiger partial charge >= 0.3 is 0 Å². The molecule has 1 atom stereocenters. The van der Waals surface area contributed by atoms with Crippen LogP contribution in [0.4, 0.5) is 0 Å². The average molecular weight is 179 g/mol. The number of rotatable bonds is 2. The lowest BCUT2D eigenvalue weighted by Crippen LogP contribution is -2.45. The Bertz CT molecular complexity index is 206. The maximum Gasteiger partial charge on any atom is 0.149 e. The molecule has 0 aromatic carbocycles. The minimum absolute atomic E-state index is 0.0150. The largest absolute Gasteiger partial charge is 0.378 e. The van der Waals surface area contributed by atoms with E-state index in [1.54, 1.807) is 0 Å². The van der Waals surface area contributed by atoms with E-state index < -0.39 is 9.84 Å². The Hall–Kier alpha value is -0.130. The van der Waals surface area contributed by atoms with Gasteiger partial charge in [0.25, 0.3) is 0 Å². The fourth-order valence-corrected chi connectivity index (χ4v) is 2.04. The molecule has 0 radical (unpaired) electrons. The second-order valence-corrected chi connectivity index (χ2v) is 5.00. The Morgan fingerprint density at radius 3 is 2.82 bits per heavy atom. The van der Waals surface area contributed by atoms with E-state index in [2.05, 4.69) is 5.32 Å². The highest BCUT2D eigenvalue weighted by molar-refractivity contribution is 7.90. The van der Waals surface area contributed by atoms with Crippen LogP contribution in [-0.4, -0.2) is 46.2 Å². The first-order valence-electron chi connectivity index (χ1n) is 3.57. The molecule has 0 aliphatic carbocycles. The molecule has 0 bridgehead atoms. The van der Waals surface area contributed by atoms with Gasteiger partial charge in [-0.15, -0.1) is 0 Å². The predicted octanol–water partition coefficient (Wildman–Crippen LogP) is -0.981. The molecule has 4 nitrogen and oxygen atoms in total. The molecule has 1 aliphatic heterocycles. The van der Waals surface area contributed by atoms with Gasteiger partial charge in [0, 0.05) is 18.8 Å². The summed E-state index contributed by atoms with van der Waals surface area (Å²) in [5.41, 5.74) is 0. The summed E-state index contributed by atoms with van der Waals surface area (Å²) in [5.74, 6) is 0.174. The van der Waals surface area contributed by atoms with Crippen LogP contribution in [0.1, 0.15) is 0 Å². The first-order chi connectivity index (χ1) is 5.08. The van der Waals surface area contributed by atoms with Crippen molar-refractivity contribution in [2.24, 2.45) is 0 Å². The predicted molar refractivity (Wildman–Crippen MR) is 42.3 cm³/mol. The number of nitrogens with one attached hydrogen (secondary N) is 1. The zero-order valence-electron chi connectivity index (χ0n) is 6.54. The van der Waals surface area contributed by atoms with Crippen LogP contribution in [-0.2, 0) is 14.6 Å². The molecule has 11 heavy (non-hydrogen) atoms. The fourth-order valence-electron chi connectivity index (χ4n) is 1.09. The molecular formula is C6H13NO3S. The van der Waals surface area contributed by atoms with Gasteiger partial charge in [0.15, 0.2) is 0 Å². The third-order valence-electron chi connectivity index (χ3n) is 1.50. The highest BCUT2D eigenvalue weighted by atomic mass is 32.2. The van der Waals surface area contributed by atoms with Gasteiger partial charge in [-0.25, -0.2) is 8.42 Å². The molecular weight excluding hydrogens is 166 g/mol. The molecule has 1 fully saturated rings.